The lowest BCUT2D eigenvalue weighted by Gasteiger charge is -2.30. The Morgan fingerprint density at radius 1 is 1.07 bits per heavy atom. The van der Waals surface area contributed by atoms with E-state index in [4.69, 9.17) is 14.2 Å². The first kappa shape index (κ1) is 20.8. The Morgan fingerprint density at radius 3 is 2.22 bits per heavy atom. The summed E-state index contributed by atoms with van der Waals surface area (Å²) in [6, 6.07) is 7.49. The van der Waals surface area contributed by atoms with Crippen LogP contribution < -0.4 is 19.5 Å². The molecule has 1 unspecified atom stereocenters. The van der Waals surface area contributed by atoms with Gasteiger partial charge in [0.1, 0.15) is 5.75 Å². The Balaban J connectivity index is 2.23. The van der Waals surface area contributed by atoms with E-state index in [-0.39, 0.29) is 17.4 Å². The second-order valence-corrected chi connectivity index (χ2v) is 8.08. The van der Waals surface area contributed by atoms with Gasteiger partial charge in [-0.1, -0.05) is 26.8 Å². The molecule has 0 saturated carbocycles. The van der Waals surface area contributed by atoms with Crippen LogP contribution in [0.4, 0.5) is 0 Å². The SMILES string of the molecule is COc1cc(OC)c(OC)cc1C=CC(=O)NC(c1cccs1)C(C)(C)C. The van der Waals surface area contributed by atoms with Gasteiger partial charge >= 0.3 is 0 Å². The van der Waals surface area contributed by atoms with Crippen LogP contribution >= 0.6 is 11.3 Å². The first-order chi connectivity index (χ1) is 12.8. The van der Waals surface area contributed by atoms with Gasteiger partial charge in [-0.05, 0) is 29.0 Å². The fourth-order valence-corrected chi connectivity index (χ4v) is 3.73. The normalized spacial score (nSPS) is 12.7. The van der Waals surface area contributed by atoms with E-state index < -0.39 is 0 Å². The largest absolute Gasteiger partial charge is 0.496 e. The van der Waals surface area contributed by atoms with Gasteiger partial charge < -0.3 is 19.5 Å². The van der Waals surface area contributed by atoms with E-state index in [0.29, 0.717) is 17.2 Å². The average molecular weight is 390 g/mol. The molecule has 1 atom stereocenters. The summed E-state index contributed by atoms with van der Waals surface area (Å²) in [4.78, 5) is 13.7. The molecule has 1 heterocycles. The Hall–Kier alpha value is -2.47. The average Bonchev–Trinajstić information content (AvgIpc) is 3.16. The van der Waals surface area contributed by atoms with Gasteiger partial charge in [-0.25, -0.2) is 0 Å². The maximum absolute atomic E-state index is 12.6. The molecule has 5 nitrogen and oxygen atoms in total. The van der Waals surface area contributed by atoms with E-state index in [2.05, 4.69) is 26.1 Å². The molecule has 0 radical (unpaired) electrons. The minimum atomic E-state index is -0.167. The number of carbonyl (C=O) groups excluding carboxylic acids is 1. The van der Waals surface area contributed by atoms with E-state index in [9.17, 15) is 4.79 Å². The molecule has 2 aromatic rings. The Kier molecular flexibility index (Phi) is 6.91. The van der Waals surface area contributed by atoms with E-state index >= 15 is 0 Å². The zero-order valence-corrected chi connectivity index (χ0v) is 17.5. The summed E-state index contributed by atoms with van der Waals surface area (Å²) in [6.45, 7) is 6.33. The van der Waals surface area contributed by atoms with Crippen LogP contribution in [0.1, 0.15) is 37.3 Å². The molecule has 0 aliphatic carbocycles. The fourth-order valence-electron chi connectivity index (χ4n) is 2.71. The predicted molar refractivity (Wildman–Crippen MR) is 110 cm³/mol. The van der Waals surface area contributed by atoms with Crippen LogP contribution in [0.25, 0.3) is 6.08 Å². The van der Waals surface area contributed by atoms with Crippen molar-refractivity contribution in [1.29, 1.82) is 0 Å². The highest BCUT2D eigenvalue weighted by atomic mass is 32.1. The Morgan fingerprint density at radius 2 is 1.70 bits per heavy atom. The summed E-state index contributed by atoms with van der Waals surface area (Å²) in [5.41, 5.74) is 0.628. The number of methoxy groups -OCH3 is 3. The standard InChI is InChI=1S/C21H27NO4S/c1-21(2,3)20(18-8-7-11-27-18)22-19(23)10-9-14-12-16(25-5)17(26-6)13-15(14)24-4/h7-13,20H,1-6H3,(H,22,23). The minimum absolute atomic E-state index is 0.0676. The molecule has 0 fully saturated rings. The third kappa shape index (κ3) is 5.26. The molecule has 0 aliphatic rings. The zero-order valence-electron chi connectivity index (χ0n) is 16.7. The topological polar surface area (TPSA) is 56.8 Å². The van der Waals surface area contributed by atoms with Crippen molar-refractivity contribution in [2.75, 3.05) is 21.3 Å². The van der Waals surface area contributed by atoms with Gasteiger partial charge in [0.05, 0.1) is 27.4 Å². The van der Waals surface area contributed by atoms with Crippen molar-refractivity contribution in [1.82, 2.24) is 5.32 Å². The van der Waals surface area contributed by atoms with Crippen molar-refractivity contribution in [3.8, 4) is 17.2 Å². The molecular weight excluding hydrogens is 362 g/mol. The van der Waals surface area contributed by atoms with Crippen molar-refractivity contribution in [2.24, 2.45) is 5.41 Å². The molecular formula is C21H27NO4S. The van der Waals surface area contributed by atoms with E-state index in [1.807, 2.05) is 17.5 Å². The third-order valence-electron chi connectivity index (χ3n) is 4.13. The predicted octanol–water partition coefficient (Wildman–Crippen LogP) is 4.69. The number of amides is 1. The van der Waals surface area contributed by atoms with Crippen molar-refractivity contribution in [2.45, 2.75) is 26.8 Å². The molecule has 0 aliphatic heterocycles. The van der Waals surface area contributed by atoms with E-state index in [0.717, 1.165) is 10.4 Å². The van der Waals surface area contributed by atoms with Gasteiger partial charge in [-0.3, -0.25) is 4.79 Å². The van der Waals surface area contributed by atoms with Crippen LogP contribution in [0, 0.1) is 5.41 Å². The van der Waals surface area contributed by atoms with Crippen LogP contribution in [0.3, 0.4) is 0 Å². The highest BCUT2D eigenvalue weighted by molar-refractivity contribution is 7.10. The van der Waals surface area contributed by atoms with Gasteiger partial charge in [-0.15, -0.1) is 11.3 Å². The summed E-state index contributed by atoms with van der Waals surface area (Å²) in [7, 11) is 4.71. The lowest BCUT2D eigenvalue weighted by Crippen LogP contribution is -2.35. The molecule has 0 saturated heterocycles. The first-order valence-electron chi connectivity index (χ1n) is 8.62. The quantitative estimate of drug-likeness (QED) is 0.698. The van der Waals surface area contributed by atoms with Crippen molar-refractivity contribution in [3.05, 3.63) is 46.2 Å². The van der Waals surface area contributed by atoms with Gasteiger partial charge in [0, 0.05) is 22.6 Å². The molecule has 1 amide bonds. The molecule has 2 rings (SSSR count). The lowest BCUT2D eigenvalue weighted by atomic mass is 9.85. The Bertz CT molecular complexity index is 791. The number of hydrogen-bond acceptors (Lipinski definition) is 5. The summed E-state index contributed by atoms with van der Waals surface area (Å²) in [5, 5.41) is 5.12. The summed E-state index contributed by atoms with van der Waals surface area (Å²) in [6.07, 6.45) is 3.22. The van der Waals surface area contributed by atoms with E-state index in [1.54, 1.807) is 50.9 Å². The highest BCUT2D eigenvalue weighted by Gasteiger charge is 2.28. The molecule has 1 aromatic carbocycles. The van der Waals surface area contributed by atoms with E-state index in [1.165, 1.54) is 6.08 Å². The number of thiophene rings is 1. The number of ether oxygens (including phenoxy) is 3. The van der Waals surface area contributed by atoms with Crippen molar-refractivity contribution >= 4 is 23.3 Å². The second-order valence-electron chi connectivity index (χ2n) is 7.11. The van der Waals surface area contributed by atoms with Gasteiger partial charge in [0.15, 0.2) is 11.5 Å². The van der Waals surface area contributed by atoms with Crippen LogP contribution in [0.15, 0.2) is 35.7 Å². The lowest BCUT2D eigenvalue weighted by molar-refractivity contribution is -0.117. The summed E-state index contributed by atoms with van der Waals surface area (Å²) in [5.74, 6) is 1.58. The minimum Gasteiger partial charge on any atom is -0.496 e. The summed E-state index contributed by atoms with van der Waals surface area (Å²) >= 11 is 1.64. The molecule has 1 N–H and O–H groups in total. The molecule has 146 valence electrons. The number of benzene rings is 1. The van der Waals surface area contributed by atoms with Gasteiger partial charge in [0.25, 0.3) is 0 Å². The monoisotopic (exact) mass is 389 g/mol. The maximum atomic E-state index is 12.6. The van der Waals surface area contributed by atoms with Crippen LogP contribution in [-0.4, -0.2) is 27.2 Å². The third-order valence-corrected chi connectivity index (χ3v) is 5.07. The number of hydrogen-bond donors (Lipinski definition) is 1. The second kappa shape index (κ2) is 8.95. The van der Waals surface area contributed by atoms with Crippen LogP contribution in [-0.2, 0) is 4.79 Å². The van der Waals surface area contributed by atoms with Crippen LogP contribution in [0.5, 0.6) is 17.2 Å². The molecule has 6 heteroatoms. The zero-order chi connectivity index (χ0) is 20.0. The number of rotatable bonds is 7. The molecule has 27 heavy (non-hydrogen) atoms. The molecule has 0 spiro atoms. The van der Waals surface area contributed by atoms with Crippen molar-refractivity contribution in [3.63, 3.8) is 0 Å². The smallest absolute Gasteiger partial charge is 0.244 e. The van der Waals surface area contributed by atoms with Crippen LogP contribution in [0.2, 0.25) is 0 Å². The molecule has 1 aromatic heterocycles. The fraction of sp³-hybridized carbons (Fsp3) is 0.381. The summed E-state index contributed by atoms with van der Waals surface area (Å²) < 4.78 is 16.0. The highest BCUT2D eigenvalue weighted by Crippen LogP contribution is 2.36. The number of nitrogens with one attached hydrogen (secondary N) is 1. The van der Waals surface area contributed by atoms with Crippen molar-refractivity contribution < 1.29 is 19.0 Å². The molecule has 0 bridgehead atoms. The number of carbonyl (C=O) groups is 1. The maximum Gasteiger partial charge on any atom is 0.244 e. The van der Waals surface area contributed by atoms with Gasteiger partial charge in [0.2, 0.25) is 5.91 Å². The Labute approximate surface area is 165 Å². The van der Waals surface area contributed by atoms with Gasteiger partial charge in [-0.2, -0.15) is 0 Å². The first-order valence-corrected chi connectivity index (χ1v) is 9.50.